The van der Waals surface area contributed by atoms with E-state index in [9.17, 15) is 8.42 Å². The van der Waals surface area contributed by atoms with Crippen molar-refractivity contribution in [1.29, 1.82) is 0 Å². The molecular weight excluding hydrogens is 250 g/mol. The summed E-state index contributed by atoms with van der Waals surface area (Å²) in [6, 6.07) is 3.23. The molecule has 0 radical (unpaired) electrons. The van der Waals surface area contributed by atoms with Crippen molar-refractivity contribution in [2.45, 2.75) is 0 Å². The van der Waals surface area contributed by atoms with Crippen molar-refractivity contribution in [2.24, 2.45) is 0 Å². The van der Waals surface area contributed by atoms with Gasteiger partial charge in [0.2, 0.25) is 0 Å². The Bertz CT molecular complexity index is 476. The zero-order valence-electron chi connectivity index (χ0n) is 9.14. The molecule has 0 bridgehead atoms. The van der Waals surface area contributed by atoms with Gasteiger partial charge in [0.15, 0.2) is 5.82 Å². The number of pyridine rings is 1. The Morgan fingerprint density at radius 2 is 2.12 bits per heavy atom. The molecule has 0 aromatic carbocycles. The van der Waals surface area contributed by atoms with Gasteiger partial charge < -0.3 is 10.6 Å². The molecular formula is C9H14ClN3O2S. The van der Waals surface area contributed by atoms with E-state index >= 15 is 0 Å². The SMILES string of the molecule is CN(CCS(C)(=O)=O)c1nc(Cl)ccc1N. The number of nitrogen functional groups attached to an aromatic ring is 1. The van der Waals surface area contributed by atoms with Crippen LogP contribution in [0.5, 0.6) is 0 Å². The number of hydrogen-bond acceptors (Lipinski definition) is 5. The minimum absolute atomic E-state index is 0.0527. The Kier molecular flexibility index (Phi) is 3.98. The molecule has 0 saturated carbocycles. The topological polar surface area (TPSA) is 76.3 Å². The maximum atomic E-state index is 11.0. The quantitative estimate of drug-likeness (QED) is 0.813. The second-order valence-corrected chi connectivity index (χ2v) is 6.25. The van der Waals surface area contributed by atoms with Crippen LogP contribution in [0.1, 0.15) is 0 Å². The number of anilines is 2. The maximum Gasteiger partial charge on any atom is 0.153 e. The summed E-state index contributed by atoms with van der Waals surface area (Å²) in [6.45, 7) is 0.330. The molecule has 0 aliphatic heterocycles. The molecule has 16 heavy (non-hydrogen) atoms. The highest BCUT2D eigenvalue weighted by Crippen LogP contribution is 2.21. The first kappa shape index (κ1) is 13.1. The first-order valence-corrected chi connectivity index (χ1v) is 7.04. The first-order valence-electron chi connectivity index (χ1n) is 4.60. The average molecular weight is 264 g/mol. The molecule has 0 unspecified atom stereocenters. The number of sulfone groups is 1. The minimum Gasteiger partial charge on any atom is -0.396 e. The molecule has 0 aliphatic carbocycles. The molecule has 0 spiro atoms. The number of hydrogen-bond donors (Lipinski definition) is 1. The minimum atomic E-state index is -2.99. The molecule has 1 heterocycles. The van der Waals surface area contributed by atoms with E-state index in [4.69, 9.17) is 17.3 Å². The van der Waals surface area contributed by atoms with E-state index in [1.807, 2.05) is 0 Å². The molecule has 5 nitrogen and oxygen atoms in total. The number of halogens is 1. The van der Waals surface area contributed by atoms with Gasteiger partial charge in [-0.1, -0.05) is 11.6 Å². The highest BCUT2D eigenvalue weighted by Gasteiger charge is 2.10. The summed E-state index contributed by atoms with van der Waals surface area (Å²) in [6.07, 6.45) is 1.19. The molecule has 1 aromatic rings. The van der Waals surface area contributed by atoms with Crippen molar-refractivity contribution in [3.8, 4) is 0 Å². The fourth-order valence-electron chi connectivity index (χ4n) is 1.15. The normalized spacial score (nSPS) is 11.4. The van der Waals surface area contributed by atoms with Crippen molar-refractivity contribution in [2.75, 3.05) is 36.2 Å². The van der Waals surface area contributed by atoms with E-state index in [0.29, 0.717) is 23.2 Å². The Morgan fingerprint density at radius 3 is 2.69 bits per heavy atom. The number of rotatable bonds is 4. The lowest BCUT2D eigenvalue weighted by Crippen LogP contribution is -2.26. The van der Waals surface area contributed by atoms with Gasteiger partial charge in [0.25, 0.3) is 0 Å². The number of aromatic nitrogens is 1. The lowest BCUT2D eigenvalue weighted by Gasteiger charge is -2.19. The molecule has 0 amide bonds. The van der Waals surface area contributed by atoms with Crippen LogP contribution < -0.4 is 10.6 Å². The number of nitrogens with zero attached hydrogens (tertiary/aromatic N) is 2. The van der Waals surface area contributed by atoms with Gasteiger partial charge in [-0.3, -0.25) is 0 Å². The van der Waals surface area contributed by atoms with Crippen molar-refractivity contribution in [3.05, 3.63) is 17.3 Å². The molecule has 1 rings (SSSR count). The lowest BCUT2D eigenvalue weighted by molar-refractivity contribution is 0.601. The Balaban J connectivity index is 2.80. The van der Waals surface area contributed by atoms with Gasteiger partial charge in [-0.25, -0.2) is 13.4 Å². The summed E-state index contributed by atoms with van der Waals surface area (Å²) in [7, 11) is -1.27. The molecule has 2 N–H and O–H groups in total. The van der Waals surface area contributed by atoms with Gasteiger partial charge in [-0.15, -0.1) is 0 Å². The van der Waals surface area contributed by atoms with Gasteiger partial charge in [0.1, 0.15) is 15.0 Å². The largest absolute Gasteiger partial charge is 0.396 e. The Morgan fingerprint density at radius 1 is 1.50 bits per heavy atom. The van der Waals surface area contributed by atoms with Crippen LogP contribution in [-0.4, -0.2) is 39.0 Å². The van der Waals surface area contributed by atoms with Crippen molar-refractivity contribution in [3.63, 3.8) is 0 Å². The smallest absolute Gasteiger partial charge is 0.153 e. The van der Waals surface area contributed by atoms with Crippen LogP contribution in [0, 0.1) is 0 Å². The van der Waals surface area contributed by atoms with E-state index in [1.54, 1.807) is 24.1 Å². The fourth-order valence-corrected chi connectivity index (χ4v) is 1.90. The van der Waals surface area contributed by atoms with Crippen molar-refractivity contribution in [1.82, 2.24) is 4.98 Å². The van der Waals surface area contributed by atoms with Crippen LogP contribution in [0.25, 0.3) is 0 Å². The van der Waals surface area contributed by atoms with Gasteiger partial charge in [-0.05, 0) is 12.1 Å². The van der Waals surface area contributed by atoms with Crippen LogP contribution >= 0.6 is 11.6 Å². The monoisotopic (exact) mass is 263 g/mol. The predicted octanol–water partition coefficient (Wildman–Crippen LogP) is 0.798. The van der Waals surface area contributed by atoms with E-state index in [2.05, 4.69) is 4.98 Å². The van der Waals surface area contributed by atoms with Crippen LogP contribution in [0.15, 0.2) is 12.1 Å². The molecule has 0 aliphatic rings. The molecule has 7 heteroatoms. The summed E-state index contributed by atoms with van der Waals surface area (Å²) in [5.74, 6) is 0.549. The summed E-state index contributed by atoms with van der Waals surface area (Å²) in [5.41, 5.74) is 6.19. The van der Waals surface area contributed by atoms with Gasteiger partial charge >= 0.3 is 0 Å². The third kappa shape index (κ3) is 3.86. The van der Waals surface area contributed by atoms with Crippen LogP contribution in [0.2, 0.25) is 5.15 Å². The summed E-state index contributed by atoms with van der Waals surface area (Å²) < 4.78 is 22.0. The van der Waals surface area contributed by atoms with Crippen LogP contribution in [0.3, 0.4) is 0 Å². The van der Waals surface area contributed by atoms with Gasteiger partial charge in [-0.2, -0.15) is 0 Å². The average Bonchev–Trinajstić information content (AvgIpc) is 2.17. The highest BCUT2D eigenvalue weighted by molar-refractivity contribution is 7.90. The molecule has 0 saturated heterocycles. The Hall–Kier alpha value is -1.01. The molecule has 1 aromatic heterocycles. The third-order valence-electron chi connectivity index (χ3n) is 2.03. The van der Waals surface area contributed by atoms with E-state index in [1.165, 1.54) is 6.26 Å². The van der Waals surface area contributed by atoms with Crippen molar-refractivity contribution >= 4 is 32.9 Å². The van der Waals surface area contributed by atoms with E-state index in [0.717, 1.165) is 0 Å². The zero-order chi connectivity index (χ0) is 12.3. The van der Waals surface area contributed by atoms with Crippen LogP contribution in [0.4, 0.5) is 11.5 Å². The van der Waals surface area contributed by atoms with Gasteiger partial charge in [0.05, 0.1) is 11.4 Å². The predicted molar refractivity (Wildman–Crippen MR) is 66.6 cm³/mol. The standard InChI is InChI=1S/C9H14ClN3O2S/c1-13(5-6-16(2,14)15)9-7(11)3-4-8(10)12-9/h3-4H,5-6,11H2,1-2H3. The maximum absolute atomic E-state index is 11.0. The Labute approximate surface area is 100 Å². The van der Waals surface area contributed by atoms with Crippen molar-refractivity contribution < 1.29 is 8.42 Å². The lowest BCUT2D eigenvalue weighted by atomic mass is 10.4. The van der Waals surface area contributed by atoms with Gasteiger partial charge in [0, 0.05) is 19.8 Å². The fraction of sp³-hybridized carbons (Fsp3) is 0.444. The third-order valence-corrected chi connectivity index (χ3v) is 3.17. The molecule has 0 fully saturated rings. The summed E-state index contributed by atoms with van der Waals surface area (Å²) in [4.78, 5) is 5.71. The molecule has 0 atom stereocenters. The van der Waals surface area contributed by atoms with E-state index < -0.39 is 9.84 Å². The second-order valence-electron chi connectivity index (χ2n) is 3.60. The zero-order valence-corrected chi connectivity index (χ0v) is 10.7. The van der Waals surface area contributed by atoms with E-state index in [-0.39, 0.29) is 5.75 Å². The second kappa shape index (κ2) is 4.88. The number of nitrogens with two attached hydrogens (primary N) is 1. The first-order chi connectivity index (χ1) is 7.29. The summed E-state index contributed by atoms with van der Waals surface area (Å²) >= 11 is 5.74. The highest BCUT2D eigenvalue weighted by atomic mass is 35.5. The summed E-state index contributed by atoms with van der Waals surface area (Å²) in [5, 5.41) is 0.329. The molecule has 90 valence electrons. The van der Waals surface area contributed by atoms with Crippen LogP contribution in [-0.2, 0) is 9.84 Å².